The second-order valence-corrected chi connectivity index (χ2v) is 3.32. The lowest BCUT2D eigenvalue weighted by molar-refractivity contribution is 0.836. The Kier molecular flexibility index (Phi) is 3.44. The Hall–Kier alpha value is -1.37. The lowest BCUT2D eigenvalue weighted by atomic mass is 10.1. The fourth-order valence-corrected chi connectivity index (χ4v) is 1.07. The highest BCUT2D eigenvalue weighted by Gasteiger charge is 1.94. The van der Waals surface area contributed by atoms with Gasteiger partial charge in [-0.3, -0.25) is 4.99 Å². The standard InChI is InChI=1S/C12H15N/c1-10(2)8-9-11-6-4-5-7-12(11)13-3/h4-10H,3H2,1-2H3. The number of para-hydroxylation sites is 1. The molecule has 0 saturated carbocycles. The van der Waals surface area contributed by atoms with E-state index in [0.717, 1.165) is 11.3 Å². The zero-order valence-electron chi connectivity index (χ0n) is 8.20. The summed E-state index contributed by atoms with van der Waals surface area (Å²) in [6.07, 6.45) is 4.25. The van der Waals surface area contributed by atoms with Gasteiger partial charge in [0.15, 0.2) is 0 Å². The van der Waals surface area contributed by atoms with Crippen LogP contribution in [0, 0.1) is 5.92 Å². The van der Waals surface area contributed by atoms with Crippen LogP contribution in [0.4, 0.5) is 5.69 Å². The monoisotopic (exact) mass is 173 g/mol. The molecule has 0 spiro atoms. The van der Waals surface area contributed by atoms with Crippen LogP contribution in [-0.2, 0) is 0 Å². The van der Waals surface area contributed by atoms with Gasteiger partial charge in [-0.25, -0.2) is 0 Å². The van der Waals surface area contributed by atoms with Gasteiger partial charge >= 0.3 is 0 Å². The summed E-state index contributed by atoms with van der Waals surface area (Å²) in [5, 5.41) is 0. The van der Waals surface area contributed by atoms with Crippen molar-refractivity contribution in [3.63, 3.8) is 0 Å². The lowest BCUT2D eigenvalue weighted by Crippen LogP contribution is -1.78. The zero-order chi connectivity index (χ0) is 9.68. The van der Waals surface area contributed by atoms with Crippen molar-refractivity contribution in [2.45, 2.75) is 13.8 Å². The molecule has 1 aromatic carbocycles. The molecule has 0 bridgehead atoms. The van der Waals surface area contributed by atoms with Gasteiger partial charge in [0.05, 0.1) is 5.69 Å². The van der Waals surface area contributed by atoms with Crippen LogP contribution in [0.15, 0.2) is 35.3 Å². The number of allylic oxidation sites excluding steroid dienone is 1. The number of aliphatic imine (C=N–C) groups is 1. The van der Waals surface area contributed by atoms with Crippen LogP contribution < -0.4 is 0 Å². The molecule has 1 aromatic rings. The van der Waals surface area contributed by atoms with Gasteiger partial charge in [0.2, 0.25) is 0 Å². The van der Waals surface area contributed by atoms with E-state index >= 15 is 0 Å². The first kappa shape index (κ1) is 9.72. The van der Waals surface area contributed by atoms with Gasteiger partial charge in [0, 0.05) is 0 Å². The minimum atomic E-state index is 0.567. The van der Waals surface area contributed by atoms with E-state index in [4.69, 9.17) is 0 Å². The Labute approximate surface area is 79.8 Å². The van der Waals surface area contributed by atoms with Crippen molar-refractivity contribution in [2.75, 3.05) is 0 Å². The molecule has 0 aliphatic heterocycles. The second kappa shape index (κ2) is 4.61. The number of nitrogens with zero attached hydrogens (tertiary/aromatic N) is 1. The van der Waals surface area contributed by atoms with Crippen LogP contribution in [0.5, 0.6) is 0 Å². The summed E-state index contributed by atoms with van der Waals surface area (Å²) in [5.41, 5.74) is 2.07. The van der Waals surface area contributed by atoms with Crippen molar-refractivity contribution < 1.29 is 0 Å². The van der Waals surface area contributed by atoms with E-state index in [-0.39, 0.29) is 0 Å². The van der Waals surface area contributed by atoms with Crippen molar-refractivity contribution in [3.05, 3.63) is 35.9 Å². The highest BCUT2D eigenvalue weighted by molar-refractivity contribution is 5.65. The molecule has 0 fully saturated rings. The van der Waals surface area contributed by atoms with Gasteiger partial charge in [-0.1, -0.05) is 44.2 Å². The first-order chi connectivity index (χ1) is 6.24. The first-order valence-electron chi connectivity index (χ1n) is 4.48. The van der Waals surface area contributed by atoms with Gasteiger partial charge in [-0.2, -0.15) is 0 Å². The summed E-state index contributed by atoms with van der Waals surface area (Å²) >= 11 is 0. The lowest BCUT2D eigenvalue weighted by Gasteiger charge is -1.99. The maximum atomic E-state index is 3.95. The maximum absolute atomic E-state index is 3.95. The van der Waals surface area contributed by atoms with Crippen LogP contribution >= 0.6 is 0 Å². The fourth-order valence-electron chi connectivity index (χ4n) is 1.07. The molecule has 0 atom stereocenters. The second-order valence-electron chi connectivity index (χ2n) is 3.32. The van der Waals surface area contributed by atoms with Crippen molar-refractivity contribution in [2.24, 2.45) is 10.9 Å². The van der Waals surface area contributed by atoms with Gasteiger partial charge in [0.25, 0.3) is 0 Å². The Balaban J connectivity index is 2.93. The third kappa shape index (κ3) is 2.86. The number of rotatable bonds is 3. The highest BCUT2D eigenvalue weighted by atomic mass is 14.7. The third-order valence-electron chi connectivity index (χ3n) is 1.77. The predicted octanol–water partition coefficient (Wildman–Crippen LogP) is 3.69. The van der Waals surface area contributed by atoms with Crippen molar-refractivity contribution in [1.29, 1.82) is 0 Å². The first-order valence-corrected chi connectivity index (χ1v) is 4.48. The van der Waals surface area contributed by atoms with E-state index in [1.165, 1.54) is 0 Å². The highest BCUT2D eigenvalue weighted by Crippen LogP contribution is 2.19. The Morgan fingerprint density at radius 2 is 2.00 bits per heavy atom. The molecule has 13 heavy (non-hydrogen) atoms. The van der Waals surface area contributed by atoms with Crippen molar-refractivity contribution in [3.8, 4) is 0 Å². The molecule has 1 rings (SSSR count). The molecule has 0 aliphatic rings. The van der Waals surface area contributed by atoms with E-state index < -0.39 is 0 Å². The molecule has 0 unspecified atom stereocenters. The number of hydrogen-bond donors (Lipinski definition) is 0. The van der Waals surface area contributed by atoms with E-state index in [0.29, 0.717) is 5.92 Å². The van der Waals surface area contributed by atoms with E-state index in [1.54, 1.807) is 0 Å². The van der Waals surface area contributed by atoms with Crippen LogP contribution in [0.1, 0.15) is 19.4 Å². The molecule has 0 N–H and O–H groups in total. The molecule has 1 heteroatoms. The Morgan fingerprint density at radius 3 is 2.62 bits per heavy atom. The topological polar surface area (TPSA) is 12.4 Å². The number of benzene rings is 1. The summed E-state index contributed by atoms with van der Waals surface area (Å²) < 4.78 is 0. The average molecular weight is 173 g/mol. The maximum Gasteiger partial charge on any atom is 0.0694 e. The molecule has 0 radical (unpaired) electrons. The molecule has 0 aliphatic carbocycles. The summed E-state index contributed by atoms with van der Waals surface area (Å²) in [7, 11) is 0. The largest absolute Gasteiger partial charge is 0.264 e. The normalized spacial score (nSPS) is 11.0. The van der Waals surface area contributed by atoms with Gasteiger partial charge in [0.1, 0.15) is 0 Å². The third-order valence-corrected chi connectivity index (χ3v) is 1.77. The minimum absolute atomic E-state index is 0.567. The van der Waals surface area contributed by atoms with E-state index in [2.05, 4.69) is 37.7 Å². The zero-order valence-corrected chi connectivity index (χ0v) is 8.20. The smallest absolute Gasteiger partial charge is 0.0694 e. The summed E-state index contributed by atoms with van der Waals surface area (Å²) in [6.45, 7) is 7.84. The predicted molar refractivity (Wildman–Crippen MR) is 59.5 cm³/mol. The molecule has 0 amide bonds. The Morgan fingerprint density at radius 1 is 1.31 bits per heavy atom. The van der Waals surface area contributed by atoms with E-state index in [9.17, 15) is 0 Å². The van der Waals surface area contributed by atoms with Crippen molar-refractivity contribution in [1.82, 2.24) is 0 Å². The minimum Gasteiger partial charge on any atom is -0.264 e. The van der Waals surface area contributed by atoms with Crippen LogP contribution in [-0.4, -0.2) is 6.72 Å². The quantitative estimate of drug-likeness (QED) is 0.618. The number of hydrogen-bond acceptors (Lipinski definition) is 1. The fraction of sp³-hybridized carbons (Fsp3) is 0.250. The molecular formula is C12H15N. The average Bonchev–Trinajstić information content (AvgIpc) is 2.15. The molecule has 0 saturated heterocycles. The molecule has 1 nitrogen and oxygen atoms in total. The molecular weight excluding hydrogens is 158 g/mol. The molecule has 0 heterocycles. The molecule has 0 aromatic heterocycles. The van der Waals surface area contributed by atoms with Gasteiger partial charge < -0.3 is 0 Å². The SMILES string of the molecule is C=Nc1ccccc1C=CC(C)C. The summed E-state index contributed by atoms with van der Waals surface area (Å²) in [4.78, 5) is 3.95. The van der Waals surface area contributed by atoms with Crippen LogP contribution in [0.2, 0.25) is 0 Å². The summed E-state index contributed by atoms with van der Waals surface area (Å²) in [6, 6.07) is 7.99. The Bertz CT molecular complexity index is 311. The van der Waals surface area contributed by atoms with Crippen LogP contribution in [0.3, 0.4) is 0 Å². The van der Waals surface area contributed by atoms with Crippen LogP contribution in [0.25, 0.3) is 6.08 Å². The van der Waals surface area contributed by atoms with Gasteiger partial charge in [-0.15, -0.1) is 0 Å². The van der Waals surface area contributed by atoms with Crippen molar-refractivity contribution >= 4 is 18.5 Å². The van der Waals surface area contributed by atoms with Gasteiger partial charge in [-0.05, 0) is 24.3 Å². The summed E-state index contributed by atoms with van der Waals surface area (Å²) in [5.74, 6) is 0.567. The molecule has 68 valence electrons. The van der Waals surface area contributed by atoms with E-state index in [1.807, 2.05) is 24.3 Å².